The quantitative estimate of drug-likeness (QED) is 0.599. The predicted molar refractivity (Wildman–Crippen MR) is 94.1 cm³/mol. The molecule has 0 amide bonds. The van der Waals surface area contributed by atoms with Crippen LogP contribution in [-0.4, -0.2) is 16.3 Å². The number of phenolic OH excluding ortho intramolecular Hbond substituents is 1. The minimum absolute atomic E-state index is 0.113. The molecule has 5 atom stereocenters. The summed E-state index contributed by atoms with van der Waals surface area (Å²) in [6.45, 7) is 2.31. The minimum atomic E-state index is -0.113. The second-order valence-electron chi connectivity index (χ2n) is 7.64. The smallest absolute Gasteiger partial charge is 0.144 e. The maximum atomic E-state index is 10.4. The first kappa shape index (κ1) is 15.5. The van der Waals surface area contributed by atoms with E-state index in [9.17, 15) is 10.2 Å². The van der Waals surface area contributed by atoms with Crippen molar-refractivity contribution in [3.8, 4) is 5.75 Å². The summed E-state index contributed by atoms with van der Waals surface area (Å²) in [4.78, 5) is 0. The fourth-order valence-corrected chi connectivity index (χ4v) is 6.96. The Labute approximate surface area is 148 Å². The molecule has 2 nitrogen and oxygen atoms in total. The number of hydrogen-bond acceptors (Lipinski definition) is 2. The Morgan fingerprint density at radius 1 is 1.18 bits per heavy atom. The molecular formula is C18H22Br2O2. The van der Waals surface area contributed by atoms with Crippen LogP contribution in [0.4, 0.5) is 0 Å². The van der Waals surface area contributed by atoms with Gasteiger partial charge in [0.25, 0.3) is 0 Å². The van der Waals surface area contributed by atoms with Gasteiger partial charge in [-0.15, -0.1) is 0 Å². The topological polar surface area (TPSA) is 40.5 Å². The summed E-state index contributed by atoms with van der Waals surface area (Å²) >= 11 is 7.09. The molecule has 0 saturated heterocycles. The zero-order valence-electron chi connectivity index (χ0n) is 12.8. The van der Waals surface area contributed by atoms with Crippen LogP contribution in [0.1, 0.15) is 56.1 Å². The highest BCUT2D eigenvalue weighted by Gasteiger charge is 2.54. The van der Waals surface area contributed by atoms with E-state index in [2.05, 4.69) is 44.8 Å². The van der Waals surface area contributed by atoms with Crippen LogP contribution in [0.15, 0.2) is 15.0 Å². The number of aliphatic hydroxyl groups is 1. The molecule has 22 heavy (non-hydrogen) atoms. The van der Waals surface area contributed by atoms with E-state index in [4.69, 9.17) is 0 Å². The molecule has 120 valence electrons. The molecule has 4 rings (SSSR count). The van der Waals surface area contributed by atoms with E-state index in [-0.39, 0.29) is 11.5 Å². The fraction of sp³-hybridized carbons (Fsp3) is 0.667. The van der Waals surface area contributed by atoms with E-state index < -0.39 is 0 Å². The molecule has 0 radical (unpaired) electrons. The van der Waals surface area contributed by atoms with Gasteiger partial charge in [0.15, 0.2) is 0 Å². The molecule has 0 spiro atoms. The van der Waals surface area contributed by atoms with Crippen molar-refractivity contribution in [1.29, 1.82) is 0 Å². The summed E-state index contributed by atoms with van der Waals surface area (Å²) in [5, 5.41) is 20.6. The Kier molecular flexibility index (Phi) is 3.67. The highest BCUT2D eigenvalue weighted by atomic mass is 79.9. The van der Waals surface area contributed by atoms with Crippen molar-refractivity contribution in [2.75, 3.05) is 0 Å². The summed E-state index contributed by atoms with van der Waals surface area (Å²) < 4.78 is 1.66. The lowest BCUT2D eigenvalue weighted by Crippen LogP contribution is -2.44. The Balaban J connectivity index is 1.76. The van der Waals surface area contributed by atoms with Gasteiger partial charge in [0.2, 0.25) is 0 Å². The van der Waals surface area contributed by atoms with Crippen molar-refractivity contribution in [1.82, 2.24) is 0 Å². The van der Waals surface area contributed by atoms with Gasteiger partial charge in [0.05, 0.1) is 15.0 Å². The summed E-state index contributed by atoms with van der Waals surface area (Å²) in [5.74, 6) is 2.25. The van der Waals surface area contributed by atoms with Gasteiger partial charge in [-0.05, 0) is 111 Å². The van der Waals surface area contributed by atoms with E-state index in [1.807, 2.05) is 0 Å². The maximum Gasteiger partial charge on any atom is 0.144 e. The summed E-state index contributed by atoms with van der Waals surface area (Å²) in [6.07, 6.45) is 6.53. The highest BCUT2D eigenvalue weighted by molar-refractivity contribution is 9.11. The van der Waals surface area contributed by atoms with Crippen LogP contribution in [-0.2, 0) is 6.42 Å². The second kappa shape index (κ2) is 5.22. The van der Waals surface area contributed by atoms with Crippen LogP contribution in [0.5, 0.6) is 5.75 Å². The van der Waals surface area contributed by atoms with Gasteiger partial charge < -0.3 is 10.2 Å². The average Bonchev–Trinajstić information content (AvgIpc) is 2.80. The van der Waals surface area contributed by atoms with Gasteiger partial charge in [0, 0.05) is 0 Å². The summed E-state index contributed by atoms with van der Waals surface area (Å²) in [7, 11) is 0. The number of hydrogen-bond donors (Lipinski definition) is 2. The lowest BCUT2D eigenvalue weighted by molar-refractivity contribution is -0.0226. The third-order valence-electron chi connectivity index (χ3n) is 6.84. The largest absolute Gasteiger partial charge is 0.506 e. The van der Waals surface area contributed by atoms with Crippen LogP contribution < -0.4 is 0 Å². The van der Waals surface area contributed by atoms with Crippen molar-refractivity contribution in [3.63, 3.8) is 0 Å². The van der Waals surface area contributed by atoms with Crippen LogP contribution in [0.3, 0.4) is 0 Å². The van der Waals surface area contributed by atoms with Crippen molar-refractivity contribution in [2.45, 2.75) is 57.5 Å². The molecule has 1 aromatic carbocycles. The number of halogens is 2. The van der Waals surface area contributed by atoms with Gasteiger partial charge in [-0.3, -0.25) is 0 Å². The summed E-state index contributed by atoms with van der Waals surface area (Å²) in [5.41, 5.74) is 2.84. The number of aliphatic hydroxyl groups excluding tert-OH is 1. The fourth-order valence-electron chi connectivity index (χ4n) is 5.61. The molecule has 3 aliphatic rings. The Morgan fingerprint density at radius 2 is 1.95 bits per heavy atom. The first-order valence-corrected chi connectivity index (χ1v) is 9.90. The standard InChI is InChI=1S/C18H22Br2O2/c1-18-7-6-9-10(13(18)4-5-15(18)21)2-3-11-12(9)8-14(19)17(22)16(11)20/h8-10,13,15,21-22H,2-7H2,1H3/t9-,10-,13-,15-,18+/m0/s1. The number of phenols is 1. The van der Waals surface area contributed by atoms with Crippen molar-refractivity contribution in [3.05, 3.63) is 26.1 Å². The highest BCUT2D eigenvalue weighted by Crippen LogP contribution is 2.61. The Bertz CT molecular complexity index is 630. The lowest BCUT2D eigenvalue weighted by atomic mass is 9.55. The molecule has 0 aromatic heterocycles. The monoisotopic (exact) mass is 428 g/mol. The first-order chi connectivity index (χ1) is 10.4. The normalized spacial score (nSPS) is 40.0. The molecule has 2 fully saturated rings. The zero-order valence-corrected chi connectivity index (χ0v) is 16.0. The van der Waals surface area contributed by atoms with Gasteiger partial charge in [-0.25, -0.2) is 0 Å². The molecule has 2 N–H and O–H groups in total. The van der Waals surface area contributed by atoms with Crippen LogP contribution >= 0.6 is 31.9 Å². The SMILES string of the molecule is C[C@@]12CC[C@@H]3c4cc(Br)c(O)c(Br)c4CC[C@@H]3[C@@H]1CC[C@@H]2O. The molecule has 0 heterocycles. The van der Waals surface area contributed by atoms with Crippen LogP contribution in [0, 0.1) is 17.3 Å². The minimum Gasteiger partial charge on any atom is -0.506 e. The number of aromatic hydroxyl groups is 1. The van der Waals surface area contributed by atoms with Gasteiger partial charge >= 0.3 is 0 Å². The number of rotatable bonds is 0. The van der Waals surface area contributed by atoms with Crippen molar-refractivity contribution >= 4 is 31.9 Å². The van der Waals surface area contributed by atoms with Crippen molar-refractivity contribution < 1.29 is 10.2 Å². The van der Waals surface area contributed by atoms with E-state index >= 15 is 0 Å². The third kappa shape index (κ3) is 1.99. The lowest BCUT2D eigenvalue weighted by Gasteiger charge is -2.50. The molecule has 0 bridgehead atoms. The van der Waals surface area contributed by atoms with Gasteiger partial charge in [-0.1, -0.05) is 6.92 Å². The summed E-state index contributed by atoms with van der Waals surface area (Å²) in [6, 6.07) is 2.14. The van der Waals surface area contributed by atoms with E-state index in [1.54, 1.807) is 0 Å². The average molecular weight is 430 g/mol. The van der Waals surface area contributed by atoms with Crippen LogP contribution in [0.2, 0.25) is 0 Å². The molecule has 2 saturated carbocycles. The molecule has 0 unspecified atom stereocenters. The van der Waals surface area contributed by atoms with Gasteiger partial charge in [0.1, 0.15) is 5.75 Å². The van der Waals surface area contributed by atoms with Crippen LogP contribution in [0.25, 0.3) is 0 Å². The molecule has 4 heteroatoms. The first-order valence-electron chi connectivity index (χ1n) is 8.31. The third-order valence-corrected chi connectivity index (χ3v) is 8.30. The zero-order chi connectivity index (χ0) is 15.6. The predicted octanol–water partition coefficient (Wildman–Crippen LogP) is 5.13. The molecule has 1 aromatic rings. The molecule has 0 aliphatic heterocycles. The maximum absolute atomic E-state index is 10.4. The second-order valence-corrected chi connectivity index (χ2v) is 9.29. The number of fused-ring (bicyclic) bond motifs is 5. The van der Waals surface area contributed by atoms with Gasteiger partial charge in [-0.2, -0.15) is 0 Å². The van der Waals surface area contributed by atoms with E-state index in [1.165, 1.54) is 24.0 Å². The Hall–Kier alpha value is -0.0600. The van der Waals surface area contributed by atoms with Crippen molar-refractivity contribution in [2.24, 2.45) is 17.3 Å². The van der Waals surface area contributed by atoms with E-state index in [0.717, 1.165) is 34.6 Å². The number of benzene rings is 1. The van der Waals surface area contributed by atoms with E-state index in [0.29, 0.717) is 23.5 Å². The Morgan fingerprint density at radius 3 is 2.73 bits per heavy atom. The molecular weight excluding hydrogens is 408 g/mol. The molecule has 3 aliphatic carbocycles.